The molecule has 0 atom stereocenters. The summed E-state index contributed by atoms with van der Waals surface area (Å²) in [5, 5.41) is 20.5. The van der Waals surface area contributed by atoms with Crippen LogP contribution >= 0.6 is 11.8 Å². The number of carbonyl (C=O) groups excluding carboxylic acids is 1. The van der Waals surface area contributed by atoms with Crippen LogP contribution in [0.3, 0.4) is 0 Å². The zero-order valence-electron chi connectivity index (χ0n) is 14.6. The van der Waals surface area contributed by atoms with E-state index in [2.05, 4.69) is 20.5 Å². The third-order valence-corrected chi connectivity index (χ3v) is 5.39. The van der Waals surface area contributed by atoms with Gasteiger partial charge in [0.15, 0.2) is 0 Å². The first-order valence-corrected chi connectivity index (χ1v) is 9.77. The number of anilines is 1. The second kappa shape index (κ2) is 8.94. The predicted octanol–water partition coefficient (Wildman–Crippen LogP) is 3.71. The molecule has 0 unspecified atom stereocenters. The van der Waals surface area contributed by atoms with Crippen molar-refractivity contribution in [3.05, 3.63) is 40.0 Å². The first-order valence-electron chi connectivity index (χ1n) is 8.79. The summed E-state index contributed by atoms with van der Waals surface area (Å²) >= 11 is 1.12. The molecule has 0 radical (unpaired) electrons. The Morgan fingerprint density at radius 3 is 2.93 bits per heavy atom. The summed E-state index contributed by atoms with van der Waals surface area (Å²) in [6.45, 7) is 0. The molecule has 27 heavy (non-hydrogen) atoms. The van der Waals surface area contributed by atoms with Gasteiger partial charge in [-0.1, -0.05) is 37.4 Å². The van der Waals surface area contributed by atoms with E-state index in [9.17, 15) is 19.3 Å². The van der Waals surface area contributed by atoms with Crippen LogP contribution in [-0.2, 0) is 11.2 Å². The lowest BCUT2D eigenvalue weighted by Gasteiger charge is -2.05. The van der Waals surface area contributed by atoms with E-state index in [0.717, 1.165) is 54.5 Å². The van der Waals surface area contributed by atoms with Crippen LogP contribution in [0.25, 0.3) is 0 Å². The van der Waals surface area contributed by atoms with Crippen LogP contribution in [0.1, 0.15) is 37.9 Å². The van der Waals surface area contributed by atoms with Crippen LogP contribution in [0, 0.1) is 21.8 Å². The zero-order valence-corrected chi connectivity index (χ0v) is 15.4. The van der Waals surface area contributed by atoms with Crippen molar-refractivity contribution in [1.82, 2.24) is 15.2 Å². The van der Waals surface area contributed by atoms with Gasteiger partial charge < -0.3 is 5.32 Å². The molecule has 10 heteroatoms. The minimum atomic E-state index is -0.731. The van der Waals surface area contributed by atoms with Crippen molar-refractivity contribution in [2.24, 2.45) is 5.92 Å². The molecule has 1 aliphatic rings. The number of hydrogen-bond acceptors (Lipinski definition) is 6. The van der Waals surface area contributed by atoms with Gasteiger partial charge in [0, 0.05) is 18.6 Å². The third-order valence-electron chi connectivity index (χ3n) is 4.54. The van der Waals surface area contributed by atoms with Gasteiger partial charge in [-0.05, 0) is 18.4 Å². The van der Waals surface area contributed by atoms with Crippen LogP contribution < -0.4 is 5.32 Å². The van der Waals surface area contributed by atoms with Gasteiger partial charge >= 0.3 is 0 Å². The maximum atomic E-state index is 13.7. The van der Waals surface area contributed by atoms with E-state index in [0.29, 0.717) is 5.16 Å². The third kappa shape index (κ3) is 5.49. The van der Waals surface area contributed by atoms with E-state index in [4.69, 9.17) is 0 Å². The molecule has 1 heterocycles. The number of hydrogen-bond donors (Lipinski definition) is 2. The van der Waals surface area contributed by atoms with Gasteiger partial charge in [-0.3, -0.25) is 20.0 Å². The fourth-order valence-corrected chi connectivity index (χ4v) is 3.75. The summed E-state index contributed by atoms with van der Waals surface area (Å²) in [7, 11) is 0. The Labute approximate surface area is 159 Å². The van der Waals surface area contributed by atoms with Gasteiger partial charge in [0.25, 0.3) is 5.69 Å². The lowest BCUT2D eigenvalue weighted by Crippen LogP contribution is -2.15. The Hall–Kier alpha value is -2.49. The molecule has 1 saturated carbocycles. The molecule has 1 fully saturated rings. The maximum Gasteiger partial charge on any atom is 0.271 e. The van der Waals surface area contributed by atoms with Crippen molar-refractivity contribution in [2.75, 3.05) is 11.1 Å². The molecule has 0 saturated heterocycles. The second-order valence-corrected chi connectivity index (χ2v) is 7.45. The largest absolute Gasteiger partial charge is 0.323 e. The summed E-state index contributed by atoms with van der Waals surface area (Å²) in [4.78, 5) is 26.4. The number of rotatable bonds is 8. The second-order valence-electron chi connectivity index (χ2n) is 6.51. The molecule has 0 bridgehead atoms. The van der Waals surface area contributed by atoms with Crippen LogP contribution in [-0.4, -0.2) is 31.8 Å². The highest BCUT2D eigenvalue weighted by Gasteiger charge is 2.16. The zero-order chi connectivity index (χ0) is 19.2. The smallest absolute Gasteiger partial charge is 0.271 e. The molecule has 0 spiro atoms. The Bertz CT molecular complexity index is 823. The van der Waals surface area contributed by atoms with Crippen molar-refractivity contribution >= 4 is 29.0 Å². The first kappa shape index (κ1) is 19.3. The molecule has 8 nitrogen and oxygen atoms in total. The highest BCUT2D eigenvalue weighted by Crippen LogP contribution is 2.28. The lowest BCUT2D eigenvalue weighted by atomic mass is 10.0. The number of carbonyl (C=O) groups is 1. The molecule has 3 rings (SSSR count). The highest BCUT2D eigenvalue weighted by atomic mass is 32.2. The van der Waals surface area contributed by atoms with E-state index >= 15 is 0 Å². The highest BCUT2D eigenvalue weighted by molar-refractivity contribution is 7.99. The number of aryl methyl sites for hydroxylation is 1. The van der Waals surface area contributed by atoms with Gasteiger partial charge in [0.2, 0.25) is 11.1 Å². The number of amides is 1. The number of nitrogens with one attached hydrogen (secondary N) is 2. The number of halogens is 1. The average Bonchev–Trinajstić information content (AvgIpc) is 3.31. The number of non-ortho nitro benzene ring substituents is 1. The van der Waals surface area contributed by atoms with Gasteiger partial charge in [-0.25, -0.2) is 9.37 Å². The summed E-state index contributed by atoms with van der Waals surface area (Å²) in [5.74, 6) is 0.321. The van der Waals surface area contributed by atoms with Crippen LogP contribution in [0.4, 0.5) is 15.8 Å². The number of nitrogens with zero attached hydrogens (tertiary/aromatic N) is 3. The van der Waals surface area contributed by atoms with Crippen molar-refractivity contribution in [3.8, 4) is 0 Å². The number of H-pyrrole nitrogens is 1. The molecular formula is C17H20FN5O3S. The molecule has 144 valence electrons. The fourth-order valence-electron chi connectivity index (χ4n) is 3.13. The summed E-state index contributed by atoms with van der Waals surface area (Å²) < 4.78 is 13.7. The van der Waals surface area contributed by atoms with E-state index in [-0.39, 0.29) is 17.1 Å². The molecule has 1 aromatic carbocycles. The Morgan fingerprint density at radius 1 is 1.41 bits per heavy atom. The number of nitro benzene ring substituents is 1. The van der Waals surface area contributed by atoms with E-state index in [1.165, 1.54) is 25.7 Å². The number of aromatic amines is 1. The number of thioether (sulfide) groups is 1. The van der Waals surface area contributed by atoms with E-state index in [1.54, 1.807) is 0 Å². The normalized spacial score (nSPS) is 14.4. The monoisotopic (exact) mass is 393 g/mol. The summed E-state index contributed by atoms with van der Waals surface area (Å²) in [5.41, 5.74) is -0.512. The van der Waals surface area contributed by atoms with Crippen LogP contribution in [0.2, 0.25) is 0 Å². The van der Waals surface area contributed by atoms with Crippen molar-refractivity contribution < 1.29 is 14.1 Å². The predicted molar refractivity (Wildman–Crippen MR) is 99.1 cm³/mol. The number of aromatic nitrogens is 3. The minimum Gasteiger partial charge on any atom is -0.323 e. The van der Waals surface area contributed by atoms with Crippen molar-refractivity contribution in [1.29, 1.82) is 0 Å². The molecule has 1 aromatic heterocycles. The number of nitro groups is 1. The molecule has 1 amide bonds. The SMILES string of the molecule is O=C(CSc1n[nH]c(CCC2CCCC2)n1)Nc1cc([N+](=O)[O-])ccc1F. The minimum absolute atomic E-state index is 0.0257. The maximum absolute atomic E-state index is 13.7. The quantitative estimate of drug-likeness (QED) is 0.401. The Kier molecular flexibility index (Phi) is 6.38. The van der Waals surface area contributed by atoms with E-state index < -0.39 is 16.6 Å². The lowest BCUT2D eigenvalue weighted by molar-refractivity contribution is -0.384. The molecule has 2 N–H and O–H groups in total. The first-order chi connectivity index (χ1) is 13.0. The molecular weight excluding hydrogens is 373 g/mol. The fraction of sp³-hybridized carbons (Fsp3) is 0.471. The number of benzene rings is 1. The van der Waals surface area contributed by atoms with Crippen LogP contribution in [0.15, 0.2) is 23.4 Å². The molecule has 1 aliphatic carbocycles. The Balaban J connectivity index is 1.48. The standard InChI is InChI=1S/C17H20FN5O3S/c18-13-7-6-12(23(25)26)9-14(13)19-16(24)10-27-17-20-15(21-22-17)8-5-11-3-1-2-4-11/h6-7,9,11H,1-5,8,10H2,(H,19,24)(H,20,21,22). The van der Waals surface area contributed by atoms with Gasteiger partial charge in [0.05, 0.1) is 16.4 Å². The Morgan fingerprint density at radius 2 is 2.19 bits per heavy atom. The van der Waals surface area contributed by atoms with Crippen molar-refractivity contribution in [2.45, 2.75) is 43.7 Å². The van der Waals surface area contributed by atoms with E-state index in [1.807, 2.05) is 0 Å². The molecule has 0 aliphatic heterocycles. The summed E-state index contributed by atoms with van der Waals surface area (Å²) in [6.07, 6.45) is 7.11. The summed E-state index contributed by atoms with van der Waals surface area (Å²) in [6, 6.07) is 2.99. The van der Waals surface area contributed by atoms with Gasteiger partial charge in [0.1, 0.15) is 11.6 Å². The van der Waals surface area contributed by atoms with Crippen molar-refractivity contribution in [3.63, 3.8) is 0 Å². The van der Waals surface area contributed by atoms with Crippen LogP contribution in [0.5, 0.6) is 0 Å². The topological polar surface area (TPSA) is 114 Å². The average molecular weight is 393 g/mol. The van der Waals surface area contributed by atoms with Gasteiger partial charge in [-0.2, -0.15) is 0 Å². The van der Waals surface area contributed by atoms with Gasteiger partial charge in [-0.15, -0.1) is 5.10 Å². The molecule has 2 aromatic rings.